The number of aliphatic carboxylic acids is 1. The molecule has 0 aliphatic carbocycles. The van der Waals surface area contributed by atoms with Crippen LogP contribution in [0.1, 0.15) is 11.1 Å². The van der Waals surface area contributed by atoms with Crippen molar-refractivity contribution in [3.63, 3.8) is 0 Å². The lowest BCUT2D eigenvalue weighted by Crippen LogP contribution is -2.00. The minimum atomic E-state index is -0.953. The molecule has 0 saturated carbocycles. The Balaban J connectivity index is 3.10. The second-order valence-electron chi connectivity index (χ2n) is 2.77. The van der Waals surface area contributed by atoms with Gasteiger partial charge in [0, 0.05) is 5.56 Å². The third-order valence-electron chi connectivity index (χ3n) is 1.73. The average Bonchev–Trinajstić information content (AvgIpc) is 2.06. The Kier molecular flexibility index (Phi) is 2.93. The maximum Gasteiger partial charge on any atom is 0.307 e. The molecule has 13 heavy (non-hydrogen) atoms. The van der Waals surface area contributed by atoms with Crippen LogP contribution in [0, 0.1) is 6.92 Å². The standard InChI is InChI=1S/C9H9BrO3/c1-5-2-3-6(4-7(11)12)9(13)8(5)10/h2-3,13H,4H2,1H3,(H,11,12). The first-order chi connectivity index (χ1) is 6.02. The fourth-order valence-corrected chi connectivity index (χ4v) is 1.40. The summed E-state index contributed by atoms with van der Waals surface area (Å²) in [7, 11) is 0. The van der Waals surface area contributed by atoms with Crippen LogP contribution in [0.15, 0.2) is 16.6 Å². The SMILES string of the molecule is Cc1ccc(CC(=O)O)c(O)c1Br. The number of carboxylic acids is 1. The summed E-state index contributed by atoms with van der Waals surface area (Å²) in [6, 6.07) is 3.38. The maximum absolute atomic E-state index is 10.4. The molecule has 0 unspecified atom stereocenters. The molecule has 0 heterocycles. The average molecular weight is 245 g/mol. The zero-order valence-corrected chi connectivity index (χ0v) is 8.63. The molecule has 70 valence electrons. The van der Waals surface area contributed by atoms with E-state index in [0.717, 1.165) is 5.56 Å². The van der Waals surface area contributed by atoms with Gasteiger partial charge in [-0.25, -0.2) is 0 Å². The van der Waals surface area contributed by atoms with Crippen LogP contribution in [0.2, 0.25) is 0 Å². The highest BCUT2D eigenvalue weighted by molar-refractivity contribution is 9.10. The largest absolute Gasteiger partial charge is 0.506 e. The van der Waals surface area contributed by atoms with Gasteiger partial charge in [0.05, 0.1) is 10.9 Å². The van der Waals surface area contributed by atoms with Crippen LogP contribution in [0.4, 0.5) is 0 Å². The number of benzene rings is 1. The number of aromatic hydroxyl groups is 1. The van der Waals surface area contributed by atoms with Crippen molar-refractivity contribution < 1.29 is 15.0 Å². The monoisotopic (exact) mass is 244 g/mol. The summed E-state index contributed by atoms with van der Waals surface area (Å²) in [5, 5.41) is 18.0. The zero-order chi connectivity index (χ0) is 10.0. The molecule has 0 amide bonds. The van der Waals surface area contributed by atoms with Crippen LogP contribution in [0.3, 0.4) is 0 Å². The van der Waals surface area contributed by atoms with Crippen molar-refractivity contribution in [1.29, 1.82) is 0 Å². The molecular formula is C9H9BrO3. The van der Waals surface area contributed by atoms with E-state index in [2.05, 4.69) is 15.9 Å². The van der Waals surface area contributed by atoms with Gasteiger partial charge in [-0.3, -0.25) is 4.79 Å². The molecule has 0 spiro atoms. The van der Waals surface area contributed by atoms with Crippen molar-refractivity contribution in [2.45, 2.75) is 13.3 Å². The number of halogens is 1. The molecule has 4 heteroatoms. The van der Waals surface area contributed by atoms with Gasteiger partial charge in [0.25, 0.3) is 0 Å². The number of phenolic OH excluding ortho intramolecular Hbond substituents is 1. The van der Waals surface area contributed by atoms with E-state index in [9.17, 15) is 9.90 Å². The topological polar surface area (TPSA) is 57.5 Å². The molecule has 0 radical (unpaired) electrons. The summed E-state index contributed by atoms with van der Waals surface area (Å²) in [5.41, 5.74) is 1.30. The van der Waals surface area contributed by atoms with Gasteiger partial charge in [0.2, 0.25) is 0 Å². The van der Waals surface area contributed by atoms with Crippen LogP contribution in [0.5, 0.6) is 5.75 Å². The Morgan fingerprint density at radius 2 is 2.15 bits per heavy atom. The predicted octanol–water partition coefficient (Wildman–Crippen LogP) is 2.09. The number of aryl methyl sites for hydroxylation is 1. The van der Waals surface area contributed by atoms with Crippen LogP contribution in [0.25, 0.3) is 0 Å². The molecular weight excluding hydrogens is 236 g/mol. The number of carbonyl (C=O) groups is 1. The van der Waals surface area contributed by atoms with Gasteiger partial charge in [-0.05, 0) is 28.4 Å². The van der Waals surface area contributed by atoms with E-state index in [1.807, 2.05) is 6.92 Å². The molecule has 0 aliphatic rings. The molecule has 3 nitrogen and oxygen atoms in total. The zero-order valence-electron chi connectivity index (χ0n) is 7.04. The first kappa shape index (κ1) is 10.1. The second-order valence-corrected chi connectivity index (χ2v) is 3.57. The number of phenols is 1. The predicted molar refractivity (Wildman–Crippen MR) is 51.9 cm³/mol. The van der Waals surface area contributed by atoms with Crippen LogP contribution < -0.4 is 0 Å². The Morgan fingerprint density at radius 1 is 1.54 bits per heavy atom. The van der Waals surface area contributed by atoms with Crippen LogP contribution in [-0.4, -0.2) is 16.2 Å². The number of carboxylic acid groups (broad SMARTS) is 1. The van der Waals surface area contributed by atoms with Crippen LogP contribution >= 0.6 is 15.9 Å². The summed E-state index contributed by atoms with van der Waals surface area (Å²) in [4.78, 5) is 10.4. The fourth-order valence-electron chi connectivity index (χ4n) is 1.01. The van der Waals surface area contributed by atoms with Crippen molar-refractivity contribution in [1.82, 2.24) is 0 Å². The Morgan fingerprint density at radius 3 is 2.69 bits per heavy atom. The summed E-state index contributed by atoms with van der Waals surface area (Å²) in [6.45, 7) is 1.83. The minimum Gasteiger partial charge on any atom is -0.506 e. The first-order valence-corrected chi connectivity index (χ1v) is 4.50. The molecule has 1 rings (SSSR count). The molecule has 0 aromatic heterocycles. The third kappa shape index (κ3) is 2.21. The molecule has 0 saturated heterocycles. The second kappa shape index (κ2) is 3.79. The summed E-state index contributed by atoms with van der Waals surface area (Å²) < 4.78 is 0.561. The Bertz CT molecular complexity index is 347. The molecule has 1 aromatic rings. The molecule has 2 N–H and O–H groups in total. The van der Waals surface area contributed by atoms with Crippen molar-refractivity contribution in [2.24, 2.45) is 0 Å². The quantitative estimate of drug-likeness (QED) is 0.838. The van der Waals surface area contributed by atoms with Crippen LogP contribution in [-0.2, 0) is 11.2 Å². The lowest BCUT2D eigenvalue weighted by Gasteiger charge is -2.05. The molecule has 0 bridgehead atoms. The summed E-state index contributed by atoms with van der Waals surface area (Å²) in [5.74, 6) is -0.937. The first-order valence-electron chi connectivity index (χ1n) is 3.71. The van der Waals surface area contributed by atoms with Crippen molar-refractivity contribution in [3.8, 4) is 5.75 Å². The normalized spacial score (nSPS) is 10.0. The van der Waals surface area contributed by atoms with E-state index in [1.54, 1.807) is 12.1 Å². The van der Waals surface area contributed by atoms with Crippen molar-refractivity contribution in [3.05, 3.63) is 27.7 Å². The van der Waals surface area contributed by atoms with Crippen molar-refractivity contribution >= 4 is 21.9 Å². The fraction of sp³-hybridized carbons (Fsp3) is 0.222. The van der Waals surface area contributed by atoms with E-state index in [4.69, 9.17) is 5.11 Å². The smallest absolute Gasteiger partial charge is 0.307 e. The van der Waals surface area contributed by atoms with Gasteiger partial charge in [-0.2, -0.15) is 0 Å². The lowest BCUT2D eigenvalue weighted by molar-refractivity contribution is -0.136. The van der Waals surface area contributed by atoms with Gasteiger partial charge in [0.15, 0.2) is 0 Å². The number of rotatable bonds is 2. The van der Waals surface area contributed by atoms with Gasteiger partial charge < -0.3 is 10.2 Å². The van der Waals surface area contributed by atoms with Gasteiger partial charge >= 0.3 is 5.97 Å². The van der Waals surface area contributed by atoms with E-state index >= 15 is 0 Å². The van der Waals surface area contributed by atoms with E-state index in [-0.39, 0.29) is 12.2 Å². The highest BCUT2D eigenvalue weighted by Crippen LogP contribution is 2.31. The highest BCUT2D eigenvalue weighted by Gasteiger charge is 2.10. The Hall–Kier alpha value is -1.03. The molecule has 0 fully saturated rings. The summed E-state index contributed by atoms with van der Waals surface area (Å²) >= 11 is 3.18. The van der Waals surface area contributed by atoms with Gasteiger partial charge in [-0.15, -0.1) is 0 Å². The van der Waals surface area contributed by atoms with Crippen molar-refractivity contribution in [2.75, 3.05) is 0 Å². The summed E-state index contributed by atoms with van der Waals surface area (Å²) in [6.07, 6.45) is -0.162. The van der Waals surface area contributed by atoms with E-state index in [1.165, 1.54) is 0 Å². The Labute approximate surface area is 84.1 Å². The third-order valence-corrected chi connectivity index (χ3v) is 2.74. The number of hydrogen-bond acceptors (Lipinski definition) is 2. The molecule has 1 aromatic carbocycles. The highest BCUT2D eigenvalue weighted by atomic mass is 79.9. The van der Waals surface area contributed by atoms with E-state index in [0.29, 0.717) is 10.0 Å². The lowest BCUT2D eigenvalue weighted by atomic mass is 10.1. The number of hydrogen-bond donors (Lipinski definition) is 2. The minimum absolute atomic E-state index is 0.0161. The molecule has 0 atom stereocenters. The van der Waals surface area contributed by atoms with E-state index < -0.39 is 5.97 Å². The van der Waals surface area contributed by atoms with Gasteiger partial charge in [0.1, 0.15) is 5.75 Å². The maximum atomic E-state index is 10.4. The van der Waals surface area contributed by atoms with Gasteiger partial charge in [-0.1, -0.05) is 12.1 Å². The molecule has 0 aliphatic heterocycles.